The maximum atomic E-state index is 9.27. The minimum atomic E-state index is 0.149. The third kappa shape index (κ3) is 24.0. The van der Waals surface area contributed by atoms with Crippen molar-refractivity contribution in [3.8, 4) is 0 Å². The highest BCUT2D eigenvalue weighted by molar-refractivity contribution is 4.65. The van der Waals surface area contributed by atoms with Crippen LogP contribution in [0.4, 0.5) is 0 Å². The van der Waals surface area contributed by atoms with Crippen molar-refractivity contribution in [3.63, 3.8) is 0 Å². The average Bonchev–Trinajstić information content (AvgIpc) is 2.74. The van der Waals surface area contributed by atoms with Crippen molar-refractivity contribution in [2.75, 3.05) is 19.8 Å². The number of hydrogen-bond donors (Lipinski definition) is 3. The molecule has 3 N–H and O–H groups in total. The molecule has 0 aliphatic rings. The van der Waals surface area contributed by atoms with Crippen LogP contribution >= 0.6 is 0 Å². The molecule has 1 atom stereocenters. The molecule has 1 unspecified atom stereocenters. The van der Waals surface area contributed by atoms with E-state index in [9.17, 15) is 5.11 Å². The van der Waals surface area contributed by atoms with Crippen LogP contribution < -0.4 is 5.32 Å². The van der Waals surface area contributed by atoms with E-state index in [1.807, 2.05) is 0 Å². The van der Waals surface area contributed by atoms with Gasteiger partial charge in [-0.25, -0.2) is 0 Å². The van der Waals surface area contributed by atoms with Crippen molar-refractivity contribution >= 4 is 0 Å². The topological polar surface area (TPSA) is 52.5 Å². The van der Waals surface area contributed by atoms with Gasteiger partial charge in [0.15, 0.2) is 0 Å². The van der Waals surface area contributed by atoms with E-state index < -0.39 is 0 Å². The van der Waals surface area contributed by atoms with Gasteiger partial charge in [0.05, 0.1) is 13.2 Å². The first kappa shape index (κ1) is 28.9. The Hall–Kier alpha value is -0.120. The van der Waals surface area contributed by atoms with Gasteiger partial charge in [0.25, 0.3) is 0 Å². The Morgan fingerprint density at radius 1 is 0.517 bits per heavy atom. The molecule has 0 aromatic carbocycles. The molecule has 0 aromatic rings. The summed E-state index contributed by atoms with van der Waals surface area (Å²) in [5.74, 6) is 0. The number of rotatable bonds is 25. The lowest BCUT2D eigenvalue weighted by atomic mass is 10.0. The number of aliphatic hydroxyl groups excluding tert-OH is 2. The molecule has 0 aliphatic heterocycles. The Balaban J connectivity index is 3.10. The third-order valence-corrected chi connectivity index (χ3v) is 6.17. The van der Waals surface area contributed by atoms with Crippen LogP contribution in [0.1, 0.15) is 142 Å². The summed E-state index contributed by atoms with van der Waals surface area (Å²) in [6.45, 7) is 3.21. The van der Waals surface area contributed by atoms with E-state index in [0.29, 0.717) is 6.54 Å². The van der Waals surface area contributed by atoms with Crippen LogP contribution in [0.2, 0.25) is 0 Å². The molecular weight excluding hydrogens is 358 g/mol. The molecule has 0 saturated carbocycles. The number of aliphatic hydroxyl groups is 2. The fourth-order valence-corrected chi connectivity index (χ4v) is 4.17. The zero-order valence-corrected chi connectivity index (χ0v) is 19.9. The van der Waals surface area contributed by atoms with Crippen molar-refractivity contribution in [2.45, 2.75) is 148 Å². The second-order valence-electron chi connectivity index (χ2n) is 9.06. The van der Waals surface area contributed by atoms with Gasteiger partial charge < -0.3 is 15.5 Å². The van der Waals surface area contributed by atoms with Gasteiger partial charge in [-0.3, -0.25) is 0 Å². The van der Waals surface area contributed by atoms with Crippen LogP contribution in [0.15, 0.2) is 0 Å². The van der Waals surface area contributed by atoms with E-state index in [1.165, 1.54) is 128 Å². The van der Waals surface area contributed by atoms with Gasteiger partial charge in [-0.1, -0.05) is 135 Å². The second-order valence-corrected chi connectivity index (χ2v) is 9.06. The fourth-order valence-electron chi connectivity index (χ4n) is 4.17. The zero-order chi connectivity index (χ0) is 21.3. The highest BCUT2D eigenvalue weighted by Gasteiger charge is 2.05. The molecule has 3 nitrogen and oxygen atoms in total. The van der Waals surface area contributed by atoms with Gasteiger partial charge in [0, 0.05) is 12.6 Å². The standard InChI is InChI=1S/C26H55NO2/c1-2-3-4-5-6-7-8-9-10-11-12-13-14-15-16-17-18-19-20-21-22-26(25-29)27-23-24-28/h26-29H,2-25H2,1H3. The smallest absolute Gasteiger partial charge is 0.0584 e. The van der Waals surface area contributed by atoms with Crippen molar-refractivity contribution < 1.29 is 10.2 Å². The van der Waals surface area contributed by atoms with E-state index in [4.69, 9.17) is 5.11 Å². The van der Waals surface area contributed by atoms with E-state index in [2.05, 4.69) is 12.2 Å². The van der Waals surface area contributed by atoms with Crippen molar-refractivity contribution in [1.82, 2.24) is 5.32 Å². The van der Waals surface area contributed by atoms with Crippen LogP contribution in [0, 0.1) is 0 Å². The summed E-state index contributed by atoms with van der Waals surface area (Å²) in [5.41, 5.74) is 0. The molecule has 0 radical (unpaired) electrons. The van der Waals surface area contributed by atoms with Crippen molar-refractivity contribution in [2.24, 2.45) is 0 Å². The van der Waals surface area contributed by atoms with Crippen molar-refractivity contribution in [1.29, 1.82) is 0 Å². The Morgan fingerprint density at radius 2 is 0.862 bits per heavy atom. The Bertz CT molecular complexity index is 286. The van der Waals surface area contributed by atoms with Gasteiger partial charge in [0.2, 0.25) is 0 Å². The molecule has 0 heterocycles. The summed E-state index contributed by atoms with van der Waals surface area (Å²) in [7, 11) is 0. The fraction of sp³-hybridized carbons (Fsp3) is 1.00. The van der Waals surface area contributed by atoms with Crippen LogP contribution in [-0.4, -0.2) is 36.0 Å². The third-order valence-electron chi connectivity index (χ3n) is 6.17. The Morgan fingerprint density at radius 3 is 1.17 bits per heavy atom. The lowest BCUT2D eigenvalue weighted by molar-refractivity contribution is 0.217. The molecule has 0 aliphatic carbocycles. The molecule has 0 fully saturated rings. The molecule has 0 saturated heterocycles. The first-order chi connectivity index (χ1) is 14.3. The predicted octanol–water partition coefficient (Wildman–Crippen LogP) is 7.14. The van der Waals surface area contributed by atoms with Gasteiger partial charge in [-0.15, -0.1) is 0 Å². The maximum absolute atomic E-state index is 9.27. The highest BCUT2D eigenvalue weighted by atomic mass is 16.3. The van der Waals surface area contributed by atoms with Gasteiger partial charge >= 0.3 is 0 Å². The SMILES string of the molecule is CCCCCCCCCCCCCCCCCCCCCCC(CO)NCCO. The van der Waals surface area contributed by atoms with E-state index >= 15 is 0 Å². The van der Waals surface area contributed by atoms with Gasteiger partial charge in [-0.2, -0.15) is 0 Å². The predicted molar refractivity (Wildman–Crippen MR) is 129 cm³/mol. The molecule has 0 amide bonds. The highest BCUT2D eigenvalue weighted by Crippen LogP contribution is 2.15. The minimum absolute atomic E-state index is 0.149. The summed E-state index contributed by atoms with van der Waals surface area (Å²) in [6.07, 6.45) is 29.2. The molecular formula is C26H55NO2. The molecule has 29 heavy (non-hydrogen) atoms. The summed E-state index contributed by atoms with van der Waals surface area (Å²) in [5, 5.41) is 21.3. The summed E-state index contributed by atoms with van der Waals surface area (Å²) in [6, 6.07) is 0.165. The molecule has 0 rings (SSSR count). The maximum Gasteiger partial charge on any atom is 0.0584 e. The van der Waals surface area contributed by atoms with Crippen LogP contribution in [-0.2, 0) is 0 Å². The average molecular weight is 414 g/mol. The lowest BCUT2D eigenvalue weighted by Crippen LogP contribution is -2.34. The first-order valence-corrected chi connectivity index (χ1v) is 13.3. The summed E-state index contributed by atoms with van der Waals surface area (Å²) >= 11 is 0. The normalized spacial score (nSPS) is 12.5. The van der Waals surface area contributed by atoms with Crippen molar-refractivity contribution in [3.05, 3.63) is 0 Å². The number of nitrogens with one attached hydrogen (secondary N) is 1. The molecule has 0 bridgehead atoms. The molecule has 3 heteroatoms. The monoisotopic (exact) mass is 413 g/mol. The molecule has 0 aromatic heterocycles. The number of unbranched alkanes of at least 4 members (excludes halogenated alkanes) is 19. The zero-order valence-electron chi connectivity index (χ0n) is 19.9. The Kier molecular flexibility index (Phi) is 25.8. The molecule has 176 valence electrons. The largest absolute Gasteiger partial charge is 0.395 e. The lowest BCUT2D eigenvalue weighted by Gasteiger charge is -2.15. The van der Waals surface area contributed by atoms with E-state index in [0.717, 1.165) is 6.42 Å². The van der Waals surface area contributed by atoms with Crippen LogP contribution in [0.3, 0.4) is 0 Å². The van der Waals surface area contributed by atoms with Crippen LogP contribution in [0.25, 0.3) is 0 Å². The van der Waals surface area contributed by atoms with Gasteiger partial charge in [0.1, 0.15) is 0 Å². The minimum Gasteiger partial charge on any atom is -0.395 e. The molecule has 0 spiro atoms. The van der Waals surface area contributed by atoms with E-state index in [-0.39, 0.29) is 19.3 Å². The second kappa shape index (κ2) is 25.9. The number of hydrogen-bond acceptors (Lipinski definition) is 3. The summed E-state index contributed by atoms with van der Waals surface area (Å²) < 4.78 is 0. The van der Waals surface area contributed by atoms with E-state index in [1.54, 1.807) is 0 Å². The van der Waals surface area contributed by atoms with Gasteiger partial charge in [-0.05, 0) is 6.42 Å². The Labute approximate surface area is 183 Å². The first-order valence-electron chi connectivity index (χ1n) is 13.3. The van der Waals surface area contributed by atoms with Crippen LogP contribution in [0.5, 0.6) is 0 Å². The quantitative estimate of drug-likeness (QED) is 0.139. The summed E-state index contributed by atoms with van der Waals surface area (Å²) in [4.78, 5) is 0.